The summed E-state index contributed by atoms with van der Waals surface area (Å²) >= 11 is 0. The molecule has 0 aromatic heterocycles. The first-order valence-electron chi connectivity index (χ1n) is 20.8. The molecule has 10 nitrogen and oxygen atoms in total. The second-order valence-corrected chi connectivity index (χ2v) is 60.8. The van der Waals surface area contributed by atoms with E-state index in [9.17, 15) is 0 Å². The van der Waals surface area contributed by atoms with Crippen LogP contribution in [0.15, 0.2) is 0 Å². The Labute approximate surface area is 347 Å². The zero-order valence-electron chi connectivity index (χ0n) is 40.0. The van der Waals surface area contributed by atoms with Crippen molar-refractivity contribution in [1.29, 1.82) is 0 Å². The molecule has 55 heavy (non-hydrogen) atoms. The maximum Gasteiger partial charge on any atom is 0.187 e. The van der Waals surface area contributed by atoms with E-state index >= 15 is 0 Å². The molecule has 0 amide bonds. The molecule has 0 aliphatic carbocycles. The molecule has 2 saturated heterocycles. The van der Waals surface area contributed by atoms with E-state index in [-0.39, 0.29) is 18.1 Å². The highest BCUT2D eigenvalue weighted by atomic mass is 28.4. The van der Waals surface area contributed by atoms with E-state index < -0.39 is 109 Å². The molecule has 328 valence electrons. The van der Waals surface area contributed by atoms with Crippen LogP contribution in [-0.2, 0) is 45.2 Å². The zero-order chi connectivity index (χ0) is 43.0. The largest absolute Gasteiger partial charge is 0.415 e. The molecule has 2 aliphatic heterocycles. The highest BCUT2D eigenvalue weighted by Gasteiger charge is 2.57. The van der Waals surface area contributed by atoms with Crippen molar-refractivity contribution in [3.63, 3.8) is 0 Å². The average Bonchev–Trinajstić information content (AvgIpc) is 2.88. The Morgan fingerprint density at radius 2 is 0.691 bits per heavy atom. The molecular formula is C37H88O10Si8. The summed E-state index contributed by atoms with van der Waals surface area (Å²) in [5.41, 5.74) is 0. The van der Waals surface area contributed by atoms with Crippen molar-refractivity contribution in [2.75, 3.05) is 13.2 Å². The lowest BCUT2D eigenvalue weighted by atomic mass is 9.90. The molecule has 2 fully saturated rings. The minimum Gasteiger partial charge on any atom is -0.415 e. The highest BCUT2D eigenvalue weighted by molar-refractivity contribution is 6.76. The molecule has 0 spiro atoms. The fraction of sp³-hybridized carbons (Fsp3) is 1.00. The van der Waals surface area contributed by atoms with Gasteiger partial charge in [-0.25, -0.2) is 0 Å². The molecular weight excluding hydrogens is 829 g/mol. The third kappa shape index (κ3) is 20.6. The van der Waals surface area contributed by atoms with Crippen molar-refractivity contribution in [2.24, 2.45) is 5.92 Å². The molecule has 2 heterocycles. The summed E-state index contributed by atoms with van der Waals surface area (Å²) in [6, 6.07) is 1.03. The molecule has 0 aromatic rings. The molecule has 2 aliphatic rings. The number of rotatable bonds is 20. The number of hydrogen-bond acceptors (Lipinski definition) is 10. The minimum atomic E-state index is -2.20. The first-order valence-corrected chi connectivity index (χ1v) is 48.4. The Hall–Kier alpha value is 1.34. The van der Waals surface area contributed by atoms with Gasteiger partial charge in [0, 0.05) is 14.0 Å². The van der Waals surface area contributed by atoms with Crippen LogP contribution in [0.5, 0.6) is 0 Å². The van der Waals surface area contributed by atoms with Gasteiger partial charge in [-0.3, -0.25) is 0 Å². The molecule has 0 saturated carbocycles. The van der Waals surface area contributed by atoms with E-state index in [2.05, 4.69) is 157 Å². The van der Waals surface area contributed by atoms with Crippen LogP contribution >= 0.6 is 0 Å². The highest BCUT2D eigenvalue weighted by Crippen LogP contribution is 2.42. The predicted molar refractivity (Wildman–Crippen MR) is 250 cm³/mol. The molecule has 18 heteroatoms. The number of ether oxygens (including phenoxy) is 3. The van der Waals surface area contributed by atoms with Gasteiger partial charge in [-0.1, -0.05) is 19.6 Å². The molecule has 0 radical (unpaired) electrons. The van der Waals surface area contributed by atoms with Crippen LogP contribution < -0.4 is 0 Å². The van der Waals surface area contributed by atoms with Crippen molar-refractivity contribution < 1.29 is 45.2 Å². The quantitative estimate of drug-likeness (QED) is 0.110. The van der Waals surface area contributed by atoms with Gasteiger partial charge < -0.3 is 45.2 Å². The van der Waals surface area contributed by atoms with Crippen LogP contribution in [0.3, 0.4) is 0 Å². The monoisotopic (exact) mass is 916 g/mol. The maximum absolute atomic E-state index is 7.51. The predicted octanol–water partition coefficient (Wildman–Crippen LogP) is 10.2. The summed E-state index contributed by atoms with van der Waals surface area (Å²) in [5.74, 6) is 0.0936. The smallest absolute Gasteiger partial charge is 0.187 e. The fourth-order valence-electron chi connectivity index (χ4n) is 6.80. The Morgan fingerprint density at radius 1 is 0.345 bits per heavy atom. The van der Waals surface area contributed by atoms with Crippen LogP contribution in [0.25, 0.3) is 0 Å². The van der Waals surface area contributed by atoms with Gasteiger partial charge in [-0.2, -0.15) is 0 Å². The van der Waals surface area contributed by atoms with Gasteiger partial charge in [0.25, 0.3) is 0 Å². The standard InChI is InChI=1S/C37H88O10Si8/c1-48(2,3)27-28-29(25-38-49(4,5)6)40-36(34(45-53(16,17)18)31(28)43-51(10,11)12)42-32-30(26-39-50(7,8)9)41-37(47-55(22,23)24)35(46-54(19,20)21)33(32)44-52(13,14)15/h28-37H,25-27H2,1-24H3. The third-order valence-electron chi connectivity index (χ3n) is 8.32. The van der Waals surface area contributed by atoms with Crippen LogP contribution in [0.2, 0.25) is 163 Å². The van der Waals surface area contributed by atoms with Crippen LogP contribution in [-0.4, -0.2) is 135 Å². The molecule has 10 unspecified atom stereocenters. The van der Waals surface area contributed by atoms with Crippen molar-refractivity contribution in [3.05, 3.63) is 0 Å². The summed E-state index contributed by atoms with van der Waals surface area (Å²) in [4.78, 5) is 0. The molecule has 0 aromatic carbocycles. The van der Waals surface area contributed by atoms with E-state index in [0.29, 0.717) is 13.2 Å². The summed E-state index contributed by atoms with van der Waals surface area (Å²) in [6.07, 6.45) is -4.40. The fourth-order valence-corrected chi connectivity index (χ4v) is 15.3. The van der Waals surface area contributed by atoms with Gasteiger partial charge in [0.05, 0.1) is 25.4 Å². The second kappa shape index (κ2) is 19.2. The van der Waals surface area contributed by atoms with Crippen molar-refractivity contribution >= 4 is 66.3 Å². The lowest BCUT2D eigenvalue weighted by molar-refractivity contribution is -0.341. The summed E-state index contributed by atoms with van der Waals surface area (Å²) in [6.45, 7) is 54.9. The van der Waals surface area contributed by atoms with E-state index in [0.717, 1.165) is 6.04 Å². The maximum atomic E-state index is 7.51. The Morgan fingerprint density at radius 3 is 1.07 bits per heavy atom. The van der Waals surface area contributed by atoms with Crippen molar-refractivity contribution in [1.82, 2.24) is 0 Å². The first kappa shape index (κ1) is 52.5. The van der Waals surface area contributed by atoms with Gasteiger partial charge in [0.1, 0.15) is 30.5 Å². The van der Waals surface area contributed by atoms with E-state index in [1.165, 1.54) is 0 Å². The normalized spacial score (nSPS) is 31.2. The second-order valence-electron chi connectivity index (χ2n) is 24.0. The zero-order valence-corrected chi connectivity index (χ0v) is 48.0. The average molecular weight is 918 g/mol. The van der Waals surface area contributed by atoms with Crippen LogP contribution in [0, 0.1) is 5.92 Å². The number of hydrogen-bond donors (Lipinski definition) is 0. The van der Waals surface area contributed by atoms with Crippen molar-refractivity contribution in [2.45, 2.75) is 218 Å². The van der Waals surface area contributed by atoms with Gasteiger partial charge in [-0.05, 0) is 144 Å². The van der Waals surface area contributed by atoms with Crippen LogP contribution in [0.1, 0.15) is 0 Å². The lowest BCUT2D eigenvalue weighted by Gasteiger charge is -2.54. The van der Waals surface area contributed by atoms with Gasteiger partial charge in [0.15, 0.2) is 70.8 Å². The minimum absolute atomic E-state index is 0.0936. The third-order valence-corrected chi connectivity index (χ3v) is 16.9. The van der Waals surface area contributed by atoms with Gasteiger partial charge >= 0.3 is 0 Å². The van der Waals surface area contributed by atoms with E-state index in [1.807, 2.05) is 0 Å². The Kier molecular flexibility index (Phi) is 18.3. The van der Waals surface area contributed by atoms with E-state index in [4.69, 9.17) is 45.2 Å². The summed E-state index contributed by atoms with van der Waals surface area (Å²) in [5, 5.41) is 0. The summed E-state index contributed by atoms with van der Waals surface area (Å²) < 4.78 is 70.9. The van der Waals surface area contributed by atoms with Crippen molar-refractivity contribution in [3.8, 4) is 0 Å². The van der Waals surface area contributed by atoms with E-state index in [1.54, 1.807) is 0 Å². The molecule has 0 bridgehead atoms. The molecule has 2 rings (SSSR count). The topological polar surface area (TPSA) is 92.3 Å². The Balaban J connectivity index is 2.93. The lowest BCUT2D eigenvalue weighted by Crippen LogP contribution is -2.69. The molecule has 0 N–H and O–H groups in total. The van der Waals surface area contributed by atoms with Gasteiger partial charge in [0.2, 0.25) is 0 Å². The first-order chi connectivity index (χ1) is 24.2. The van der Waals surface area contributed by atoms with Gasteiger partial charge in [-0.15, -0.1) is 0 Å². The SMILES string of the molecule is C[Si](C)(C)CC1C(CO[Si](C)(C)C)OC(OC2C(CO[Si](C)(C)C)OC(O[Si](C)(C)C)C(O[Si](C)(C)C)C2O[Si](C)(C)C)C(O[Si](C)(C)C)C1O[Si](C)(C)C. The molecule has 10 atom stereocenters. The van der Waals surface area contributed by atoms with Crippen LogP contribution in [0.4, 0.5) is 0 Å². The summed E-state index contributed by atoms with van der Waals surface area (Å²) in [7, 11) is -16.2. The Bertz CT molecular complexity index is 1180.